The second-order valence-electron chi connectivity index (χ2n) is 5.54. The molecule has 20 heavy (non-hydrogen) atoms. The second kappa shape index (κ2) is 7.47. The second-order valence-corrected chi connectivity index (χ2v) is 7.80. The summed E-state index contributed by atoms with van der Waals surface area (Å²) < 4.78 is 22.1. The maximum atomic E-state index is 11.7. The molecule has 3 N–H and O–H groups in total. The topological polar surface area (TPSA) is 113 Å². The molecule has 0 aromatic carbocycles. The van der Waals surface area contributed by atoms with Gasteiger partial charge in [-0.05, 0) is 26.7 Å². The van der Waals surface area contributed by atoms with Gasteiger partial charge in [0.15, 0.2) is 0 Å². The zero-order valence-corrected chi connectivity index (χ0v) is 13.2. The maximum absolute atomic E-state index is 11.7. The molecule has 0 heterocycles. The van der Waals surface area contributed by atoms with Crippen LogP contribution in [0.15, 0.2) is 0 Å². The SMILES string of the molecule is CCCC(C)(C)NC(=O)NC(CCS(C)(=O)=O)C(=O)O. The van der Waals surface area contributed by atoms with Gasteiger partial charge in [-0.15, -0.1) is 0 Å². The summed E-state index contributed by atoms with van der Waals surface area (Å²) in [6.45, 7) is 5.65. The number of hydrogen-bond donors (Lipinski definition) is 3. The van der Waals surface area contributed by atoms with Crippen molar-refractivity contribution in [3.8, 4) is 0 Å². The lowest BCUT2D eigenvalue weighted by Crippen LogP contribution is -2.53. The summed E-state index contributed by atoms with van der Waals surface area (Å²) in [5.74, 6) is -1.54. The minimum absolute atomic E-state index is 0.157. The standard InChI is InChI=1S/C12H24N2O5S/c1-5-7-12(2,3)14-11(17)13-9(10(15)16)6-8-20(4,18)19/h9H,5-8H2,1-4H3,(H,15,16)(H2,13,14,17). The highest BCUT2D eigenvalue weighted by molar-refractivity contribution is 7.90. The first kappa shape index (κ1) is 18.7. The highest BCUT2D eigenvalue weighted by Crippen LogP contribution is 2.10. The van der Waals surface area contributed by atoms with Gasteiger partial charge < -0.3 is 15.7 Å². The number of sulfone groups is 1. The van der Waals surface area contributed by atoms with E-state index in [0.717, 1.165) is 19.1 Å². The third kappa shape index (κ3) is 8.73. The van der Waals surface area contributed by atoms with E-state index in [-0.39, 0.29) is 12.2 Å². The molecule has 0 aliphatic carbocycles. The van der Waals surface area contributed by atoms with Crippen molar-refractivity contribution in [2.75, 3.05) is 12.0 Å². The first-order valence-corrected chi connectivity index (χ1v) is 8.52. The molecule has 8 heteroatoms. The van der Waals surface area contributed by atoms with Gasteiger partial charge in [0.05, 0.1) is 5.75 Å². The molecule has 0 aromatic heterocycles. The molecule has 0 saturated heterocycles. The van der Waals surface area contributed by atoms with Crippen LogP contribution in [0.4, 0.5) is 4.79 Å². The number of urea groups is 1. The van der Waals surface area contributed by atoms with Crippen LogP contribution in [0.5, 0.6) is 0 Å². The van der Waals surface area contributed by atoms with Crippen LogP contribution in [-0.2, 0) is 14.6 Å². The molecular weight excluding hydrogens is 284 g/mol. The fraction of sp³-hybridized carbons (Fsp3) is 0.833. The van der Waals surface area contributed by atoms with E-state index in [9.17, 15) is 18.0 Å². The Balaban J connectivity index is 4.53. The van der Waals surface area contributed by atoms with Crippen LogP contribution >= 0.6 is 0 Å². The lowest BCUT2D eigenvalue weighted by molar-refractivity contribution is -0.139. The fourth-order valence-electron chi connectivity index (χ4n) is 1.78. The zero-order valence-electron chi connectivity index (χ0n) is 12.4. The minimum atomic E-state index is -3.27. The lowest BCUT2D eigenvalue weighted by Gasteiger charge is -2.27. The van der Waals surface area contributed by atoms with E-state index in [2.05, 4.69) is 10.6 Å². The molecule has 0 rings (SSSR count). The van der Waals surface area contributed by atoms with Crippen molar-refractivity contribution in [3.63, 3.8) is 0 Å². The van der Waals surface area contributed by atoms with Crippen LogP contribution in [0, 0.1) is 0 Å². The molecule has 0 saturated carbocycles. The summed E-state index contributed by atoms with van der Waals surface area (Å²) in [6.07, 6.45) is 2.50. The Morgan fingerprint density at radius 2 is 1.85 bits per heavy atom. The van der Waals surface area contributed by atoms with Crippen molar-refractivity contribution >= 4 is 21.8 Å². The number of carbonyl (C=O) groups excluding carboxylic acids is 1. The van der Waals surface area contributed by atoms with E-state index in [1.54, 1.807) is 0 Å². The Labute approximate surface area is 120 Å². The number of amides is 2. The van der Waals surface area contributed by atoms with Crippen molar-refractivity contribution in [2.45, 2.75) is 51.6 Å². The fourth-order valence-corrected chi connectivity index (χ4v) is 2.44. The minimum Gasteiger partial charge on any atom is -0.480 e. The average molecular weight is 308 g/mol. The summed E-state index contributed by atoms with van der Waals surface area (Å²) in [4.78, 5) is 22.7. The summed E-state index contributed by atoms with van der Waals surface area (Å²) in [5, 5.41) is 13.9. The number of carboxylic acids is 1. The van der Waals surface area contributed by atoms with E-state index < -0.39 is 33.4 Å². The van der Waals surface area contributed by atoms with Gasteiger partial charge in [-0.25, -0.2) is 18.0 Å². The molecular formula is C12H24N2O5S. The van der Waals surface area contributed by atoms with E-state index in [1.807, 2.05) is 20.8 Å². The van der Waals surface area contributed by atoms with Crippen LogP contribution in [0.1, 0.15) is 40.0 Å². The molecule has 118 valence electrons. The Hall–Kier alpha value is -1.31. The summed E-state index contributed by atoms with van der Waals surface area (Å²) in [7, 11) is -3.27. The molecule has 2 amide bonds. The molecule has 1 unspecified atom stereocenters. The van der Waals surface area contributed by atoms with Crippen LogP contribution in [0.3, 0.4) is 0 Å². The maximum Gasteiger partial charge on any atom is 0.326 e. The van der Waals surface area contributed by atoms with Crippen molar-refractivity contribution in [2.24, 2.45) is 0 Å². The first-order valence-electron chi connectivity index (χ1n) is 6.46. The number of rotatable bonds is 8. The van der Waals surface area contributed by atoms with Crippen molar-refractivity contribution in [1.82, 2.24) is 10.6 Å². The van der Waals surface area contributed by atoms with Crippen LogP contribution < -0.4 is 10.6 Å². The Morgan fingerprint density at radius 1 is 1.30 bits per heavy atom. The van der Waals surface area contributed by atoms with Crippen LogP contribution in [0.2, 0.25) is 0 Å². The van der Waals surface area contributed by atoms with Gasteiger partial charge in [-0.3, -0.25) is 0 Å². The van der Waals surface area contributed by atoms with E-state index in [1.165, 1.54) is 0 Å². The first-order chi connectivity index (χ1) is 8.97. The summed E-state index contributed by atoms with van der Waals surface area (Å²) in [6, 6.07) is -1.83. The normalized spacial score (nSPS) is 13.6. The number of nitrogens with one attached hydrogen (secondary N) is 2. The molecule has 7 nitrogen and oxygen atoms in total. The molecule has 0 bridgehead atoms. The number of carboxylic acid groups (broad SMARTS) is 1. The molecule has 0 radical (unpaired) electrons. The van der Waals surface area contributed by atoms with Gasteiger partial charge in [-0.2, -0.15) is 0 Å². The van der Waals surface area contributed by atoms with Crippen molar-refractivity contribution in [1.29, 1.82) is 0 Å². The zero-order chi connectivity index (χ0) is 16.0. The van der Waals surface area contributed by atoms with Crippen molar-refractivity contribution in [3.05, 3.63) is 0 Å². The summed E-state index contributed by atoms with van der Waals surface area (Å²) >= 11 is 0. The van der Waals surface area contributed by atoms with Gasteiger partial charge in [0.2, 0.25) is 0 Å². The van der Waals surface area contributed by atoms with E-state index in [4.69, 9.17) is 5.11 Å². The van der Waals surface area contributed by atoms with Gasteiger partial charge >= 0.3 is 12.0 Å². The highest BCUT2D eigenvalue weighted by Gasteiger charge is 2.25. The number of hydrogen-bond acceptors (Lipinski definition) is 4. The molecule has 0 aromatic rings. The van der Waals surface area contributed by atoms with E-state index in [0.29, 0.717) is 0 Å². The Bertz CT molecular complexity index is 445. The molecule has 0 fully saturated rings. The molecule has 0 spiro atoms. The average Bonchev–Trinajstić information content (AvgIpc) is 2.21. The quantitative estimate of drug-likeness (QED) is 0.612. The van der Waals surface area contributed by atoms with Crippen LogP contribution in [-0.4, -0.2) is 49.1 Å². The van der Waals surface area contributed by atoms with Gasteiger partial charge in [0, 0.05) is 11.8 Å². The Kier molecular flexibility index (Phi) is 6.98. The van der Waals surface area contributed by atoms with Crippen LogP contribution in [0.25, 0.3) is 0 Å². The molecule has 0 aliphatic rings. The predicted octanol–water partition coefficient (Wildman–Crippen LogP) is 0.752. The molecule has 0 aliphatic heterocycles. The van der Waals surface area contributed by atoms with Gasteiger partial charge in [0.25, 0.3) is 0 Å². The number of carbonyl (C=O) groups is 2. The van der Waals surface area contributed by atoms with E-state index >= 15 is 0 Å². The third-order valence-corrected chi connectivity index (χ3v) is 3.68. The monoisotopic (exact) mass is 308 g/mol. The smallest absolute Gasteiger partial charge is 0.326 e. The van der Waals surface area contributed by atoms with Crippen molar-refractivity contribution < 1.29 is 23.1 Å². The van der Waals surface area contributed by atoms with Gasteiger partial charge in [-0.1, -0.05) is 13.3 Å². The van der Waals surface area contributed by atoms with Gasteiger partial charge in [0.1, 0.15) is 15.9 Å². The third-order valence-electron chi connectivity index (χ3n) is 2.71. The predicted molar refractivity (Wildman–Crippen MR) is 76.4 cm³/mol. The Morgan fingerprint density at radius 3 is 2.25 bits per heavy atom. The number of aliphatic carboxylic acids is 1. The molecule has 1 atom stereocenters. The summed E-state index contributed by atoms with van der Waals surface area (Å²) in [5.41, 5.74) is -0.446. The lowest BCUT2D eigenvalue weighted by atomic mass is 9.99. The largest absolute Gasteiger partial charge is 0.480 e. The highest BCUT2D eigenvalue weighted by atomic mass is 32.2.